The molecule has 0 spiro atoms. The molecule has 0 bridgehead atoms. The van der Waals surface area contributed by atoms with Crippen LogP contribution < -0.4 is 0 Å². The first kappa shape index (κ1) is 15.1. The normalized spacial score (nSPS) is 24.2. The fourth-order valence-electron chi connectivity index (χ4n) is 3.66. The summed E-state index contributed by atoms with van der Waals surface area (Å²) in [6, 6.07) is 1.89. The number of amides is 2. The lowest BCUT2D eigenvalue weighted by atomic mass is 10.1. The zero-order valence-electron chi connectivity index (χ0n) is 13.3. The van der Waals surface area contributed by atoms with Crippen LogP contribution >= 0.6 is 0 Å². The monoisotopic (exact) mass is 306 g/mol. The Bertz CT molecular complexity index is 595. The van der Waals surface area contributed by atoms with E-state index in [9.17, 15) is 9.59 Å². The second kappa shape index (κ2) is 5.76. The van der Waals surface area contributed by atoms with E-state index in [-0.39, 0.29) is 23.9 Å². The van der Waals surface area contributed by atoms with Crippen LogP contribution in [0.1, 0.15) is 34.7 Å². The van der Waals surface area contributed by atoms with Crippen molar-refractivity contribution in [2.75, 3.05) is 26.8 Å². The Kier molecular flexibility index (Phi) is 3.95. The summed E-state index contributed by atoms with van der Waals surface area (Å²) >= 11 is 0. The van der Waals surface area contributed by atoms with Gasteiger partial charge in [-0.3, -0.25) is 9.59 Å². The van der Waals surface area contributed by atoms with Crippen LogP contribution in [-0.4, -0.2) is 60.5 Å². The molecule has 3 rings (SSSR count). The molecule has 2 amide bonds. The molecule has 2 unspecified atom stereocenters. The van der Waals surface area contributed by atoms with Crippen LogP contribution in [0.15, 0.2) is 10.5 Å². The number of hydrogen-bond acceptors (Lipinski definition) is 4. The van der Waals surface area contributed by atoms with E-state index in [0.29, 0.717) is 37.4 Å². The van der Waals surface area contributed by atoms with Crippen LogP contribution in [0.2, 0.25) is 0 Å². The average Bonchev–Trinajstić information content (AvgIpc) is 3.10. The summed E-state index contributed by atoms with van der Waals surface area (Å²) in [7, 11) is 1.63. The number of carbonyl (C=O) groups excluding carboxylic acids is 2. The van der Waals surface area contributed by atoms with Crippen molar-refractivity contribution in [3.63, 3.8) is 0 Å². The van der Waals surface area contributed by atoms with Crippen molar-refractivity contribution in [3.05, 3.63) is 23.2 Å². The summed E-state index contributed by atoms with van der Waals surface area (Å²) in [5.74, 6) is 1.47. The fraction of sp³-hybridized carbons (Fsp3) is 0.625. The summed E-state index contributed by atoms with van der Waals surface area (Å²) in [6.07, 6.45) is 1.25. The average molecular weight is 306 g/mol. The predicted molar refractivity (Wildman–Crippen MR) is 79.6 cm³/mol. The van der Waals surface area contributed by atoms with E-state index in [0.717, 1.165) is 12.2 Å². The van der Waals surface area contributed by atoms with Crippen LogP contribution in [-0.2, 0) is 9.53 Å². The number of hydrogen-bond donors (Lipinski definition) is 0. The van der Waals surface area contributed by atoms with Crippen molar-refractivity contribution < 1.29 is 18.7 Å². The van der Waals surface area contributed by atoms with Gasteiger partial charge in [-0.15, -0.1) is 0 Å². The first-order valence-corrected chi connectivity index (χ1v) is 7.69. The van der Waals surface area contributed by atoms with E-state index in [4.69, 9.17) is 9.15 Å². The van der Waals surface area contributed by atoms with Crippen molar-refractivity contribution >= 4 is 11.8 Å². The first-order valence-electron chi connectivity index (χ1n) is 7.69. The lowest BCUT2D eigenvalue weighted by Gasteiger charge is -2.25. The van der Waals surface area contributed by atoms with Crippen LogP contribution in [0, 0.1) is 13.8 Å². The molecular weight excluding hydrogens is 284 g/mol. The van der Waals surface area contributed by atoms with Crippen LogP contribution in [0.25, 0.3) is 0 Å². The van der Waals surface area contributed by atoms with Gasteiger partial charge in [-0.2, -0.15) is 0 Å². The maximum Gasteiger partial charge on any atom is 0.257 e. The molecule has 0 N–H and O–H groups in total. The SMILES string of the molecule is COCCN1C(=O)CC2C1CCN2C(=O)c1cc(C)oc1C. The van der Waals surface area contributed by atoms with Gasteiger partial charge in [-0.25, -0.2) is 0 Å². The van der Waals surface area contributed by atoms with Gasteiger partial charge in [0.1, 0.15) is 11.5 Å². The van der Waals surface area contributed by atoms with Crippen LogP contribution in [0.3, 0.4) is 0 Å². The molecule has 0 aromatic carbocycles. The molecule has 1 aromatic rings. The third-order valence-corrected chi connectivity index (χ3v) is 4.68. The van der Waals surface area contributed by atoms with E-state index in [1.165, 1.54) is 0 Å². The van der Waals surface area contributed by atoms with E-state index in [1.807, 2.05) is 16.7 Å². The molecule has 2 fully saturated rings. The largest absolute Gasteiger partial charge is 0.466 e. The summed E-state index contributed by atoms with van der Waals surface area (Å²) < 4.78 is 10.5. The van der Waals surface area contributed by atoms with Gasteiger partial charge in [0.25, 0.3) is 5.91 Å². The van der Waals surface area contributed by atoms with Crippen molar-refractivity contribution in [2.24, 2.45) is 0 Å². The number of carbonyl (C=O) groups is 2. The molecule has 1 aromatic heterocycles. The Morgan fingerprint density at radius 2 is 2.18 bits per heavy atom. The fourth-order valence-corrected chi connectivity index (χ4v) is 3.66. The van der Waals surface area contributed by atoms with Gasteiger partial charge in [0.15, 0.2) is 0 Å². The molecule has 6 heteroatoms. The number of likely N-dealkylation sites (tertiary alicyclic amines) is 2. The standard InChI is InChI=1S/C16H22N2O4/c1-10-8-12(11(2)22-10)16(20)18-5-4-13-14(18)9-15(19)17(13)6-7-21-3/h8,13-14H,4-7,9H2,1-3H3. The number of nitrogens with zero attached hydrogens (tertiary/aromatic N) is 2. The van der Waals surface area contributed by atoms with E-state index >= 15 is 0 Å². The zero-order valence-corrected chi connectivity index (χ0v) is 13.3. The molecule has 2 atom stereocenters. The topological polar surface area (TPSA) is 63.0 Å². The smallest absolute Gasteiger partial charge is 0.257 e. The van der Waals surface area contributed by atoms with Gasteiger partial charge in [0, 0.05) is 26.6 Å². The third-order valence-electron chi connectivity index (χ3n) is 4.68. The molecule has 22 heavy (non-hydrogen) atoms. The van der Waals surface area contributed by atoms with Crippen molar-refractivity contribution in [3.8, 4) is 0 Å². The molecule has 2 aliphatic heterocycles. The third kappa shape index (κ3) is 2.41. The number of rotatable bonds is 4. The Morgan fingerprint density at radius 3 is 2.82 bits per heavy atom. The molecular formula is C16H22N2O4. The van der Waals surface area contributed by atoms with Crippen LogP contribution in [0.5, 0.6) is 0 Å². The number of ether oxygens (including phenoxy) is 1. The Hall–Kier alpha value is -1.82. The molecule has 0 radical (unpaired) electrons. The summed E-state index contributed by atoms with van der Waals surface area (Å²) in [5, 5.41) is 0. The van der Waals surface area contributed by atoms with E-state index < -0.39 is 0 Å². The van der Waals surface area contributed by atoms with Crippen molar-refractivity contribution in [1.29, 1.82) is 0 Å². The lowest BCUT2D eigenvalue weighted by molar-refractivity contribution is -0.129. The number of aryl methyl sites for hydroxylation is 2. The van der Waals surface area contributed by atoms with E-state index in [1.54, 1.807) is 20.1 Å². The minimum Gasteiger partial charge on any atom is -0.466 e. The molecule has 3 heterocycles. The van der Waals surface area contributed by atoms with E-state index in [2.05, 4.69) is 0 Å². The lowest BCUT2D eigenvalue weighted by Crippen LogP contribution is -2.40. The second-order valence-corrected chi connectivity index (χ2v) is 6.03. The molecule has 0 saturated carbocycles. The van der Waals surface area contributed by atoms with Gasteiger partial charge in [-0.05, 0) is 26.3 Å². The summed E-state index contributed by atoms with van der Waals surface area (Å²) in [5.41, 5.74) is 0.612. The highest BCUT2D eigenvalue weighted by Crippen LogP contribution is 2.33. The number of methoxy groups -OCH3 is 1. The van der Waals surface area contributed by atoms with Crippen LogP contribution in [0.4, 0.5) is 0 Å². The predicted octanol–water partition coefficient (Wildman–Crippen LogP) is 1.36. The van der Waals surface area contributed by atoms with Gasteiger partial charge >= 0.3 is 0 Å². The summed E-state index contributed by atoms with van der Waals surface area (Å²) in [6.45, 7) is 5.46. The molecule has 0 aliphatic carbocycles. The Labute approximate surface area is 130 Å². The second-order valence-electron chi connectivity index (χ2n) is 6.03. The highest BCUT2D eigenvalue weighted by molar-refractivity contribution is 5.96. The first-order chi connectivity index (χ1) is 10.5. The van der Waals surface area contributed by atoms with Gasteiger partial charge in [-0.1, -0.05) is 0 Å². The maximum absolute atomic E-state index is 12.8. The molecule has 120 valence electrons. The minimum absolute atomic E-state index is 0.0218. The zero-order chi connectivity index (χ0) is 15.9. The molecule has 6 nitrogen and oxygen atoms in total. The number of fused-ring (bicyclic) bond motifs is 1. The van der Waals surface area contributed by atoms with Gasteiger partial charge in [0.2, 0.25) is 5.91 Å². The molecule has 2 saturated heterocycles. The quantitative estimate of drug-likeness (QED) is 0.842. The highest BCUT2D eigenvalue weighted by Gasteiger charge is 2.48. The highest BCUT2D eigenvalue weighted by atomic mass is 16.5. The van der Waals surface area contributed by atoms with Crippen molar-refractivity contribution in [2.45, 2.75) is 38.8 Å². The Balaban J connectivity index is 1.77. The van der Waals surface area contributed by atoms with Gasteiger partial charge < -0.3 is 19.0 Å². The van der Waals surface area contributed by atoms with Gasteiger partial charge in [0.05, 0.1) is 24.3 Å². The maximum atomic E-state index is 12.8. The minimum atomic E-state index is -0.0248. The number of furan rings is 1. The molecule has 2 aliphatic rings. The summed E-state index contributed by atoms with van der Waals surface area (Å²) in [4.78, 5) is 28.7. The van der Waals surface area contributed by atoms with Crippen molar-refractivity contribution in [1.82, 2.24) is 9.80 Å². The Morgan fingerprint density at radius 1 is 1.41 bits per heavy atom.